The van der Waals surface area contributed by atoms with Gasteiger partial charge in [0.05, 0.1) is 12.0 Å². The minimum Gasteiger partial charge on any atom is -0.370 e. The molecule has 1 aliphatic heterocycles. The molecule has 1 saturated heterocycles. The number of amides is 10. The molecule has 32 heteroatoms. The van der Waals surface area contributed by atoms with Gasteiger partial charge in [-0.2, -0.15) is 0 Å². The quantitative estimate of drug-likeness (QED) is 0.0158. The minimum absolute atomic E-state index is 0.0110. The van der Waals surface area contributed by atoms with Gasteiger partial charge in [-0.25, -0.2) is 4.98 Å². The molecular formula is C60H78N20O10S2. The molecule has 3 aromatic heterocycles. The van der Waals surface area contributed by atoms with Gasteiger partial charge in [0.25, 0.3) is 0 Å². The van der Waals surface area contributed by atoms with E-state index >= 15 is 0 Å². The number of benzene rings is 3. The normalized spacial score (nSPS) is 20.5. The summed E-state index contributed by atoms with van der Waals surface area (Å²) in [6, 6.07) is 10.6. The second kappa shape index (κ2) is 34.2. The van der Waals surface area contributed by atoms with Gasteiger partial charge in [0.15, 0.2) is 11.9 Å². The van der Waals surface area contributed by atoms with E-state index in [0.717, 1.165) is 43.4 Å². The van der Waals surface area contributed by atoms with Gasteiger partial charge in [-0.15, -0.1) is 0 Å². The van der Waals surface area contributed by atoms with Crippen LogP contribution in [0.4, 0.5) is 0 Å². The Bertz CT molecular complexity index is 3590. The monoisotopic (exact) mass is 1300 g/mol. The fraction of sp³-hybridized carbons (Fsp3) is 0.383. The maximum Gasteiger partial charge on any atom is 0.244 e. The van der Waals surface area contributed by atoms with Crippen LogP contribution in [0.15, 0.2) is 104 Å². The van der Waals surface area contributed by atoms with Crippen molar-refractivity contribution >= 4 is 114 Å². The van der Waals surface area contributed by atoms with E-state index in [1.165, 1.54) is 26.4 Å². The predicted molar refractivity (Wildman–Crippen MR) is 348 cm³/mol. The average molecular weight is 1300 g/mol. The molecule has 0 aliphatic carbocycles. The number of guanidine groups is 2. The van der Waals surface area contributed by atoms with Gasteiger partial charge in [-0.1, -0.05) is 88.3 Å². The van der Waals surface area contributed by atoms with E-state index in [1.807, 2.05) is 42.5 Å². The van der Waals surface area contributed by atoms with Gasteiger partial charge in [-0.05, 0) is 61.4 Å². The SMILES string of the molecule is CC(=O)N[C@@H](Cc1c[nH]c2ccccc12)C(=O)N[C@@H](CCCNC(=N)N)C(=O)N[C@H]1CSSC[C@@H](C(N)=O)NC(=O)[C@H](Cc2c[nH]c3ccccc23)NC(=O)[C@H](CCCNC(=N)N)NC(=O)[C@@H](Cc2ccccc2)NC(=O)[C@H](Cc2c[nH]cn2)NC(=O)[C@@H](C)NC1=O. The van der Waals surface area contributed by atoms with E-state index in [2.05, 4.69) is 78.4 Å². The molecule has 9 atom stereocenters. The lowest BCUT2D eigenvalue weighted by Gasteiger charge is -2.27. The first-order chi connectivity index (χ1) is 44.1. The number of hydrogen-bond donors (Lipinski definition) is 19. The molecule has 1 aliphatic rings. The van der Waals surface area contributed by atoms with E-state index in [4.69, 9.17) is 28.0 Å². The minimum atomic E-state index is -1.52. The zero-order valence-electron chi connectivity index (χ0n) is 50.6. The Morgan fingerprint density at radius 1 is 0.598 bits per heavy atom. The van der Waals surface area contributed by atoms with Gasteiger partial charge < -0.3 is 90.6 Å². The van der Waals surface area contributed by atoms with Crippen molar-refractivity contribution in [3.05, 3.63) is 126 Å². The van der Waals surface area contributed by atoms with Gasteiger partial charge in [0, 0.05) is 97.6 Å². The first kappa shape index (κ1) is 69.4. The number of para-hydroxylation sites is 2. The molecule has 1 fully saturated rings. The Morgan fingerprint density at radius 3 is 1.78 bits per heavy atom. The van der Waals surface area contributed by atoms with Crippen LogP contribution in [-0.2, 0) is 73.6 Å². The number of aromatic amines is 3. The van der Waals surface area contributed by atoms with E-state index in [1.54, 1.807) is 48.8 Å². The van der Waals surface area contributed by atoms with E-state index in [0.29, 0.717) is 22.4 Å². The summed E-state index contributed by atoms with van der Waals surface area (Å²) in [5.41, 5.74) is 20.7. The lowest BCUT2D eigenvalue weighted by atomic mass is 10.0. The lowest BCUT2D eigenvalue weighted by molar-refractivity contribution is -0.135. The van der Waals surface area contributed by atoms with Crippen LogP contribution in [0, 0.1) is 10.8 Å². The highest BCUT2D eigenvalue weighted by Gasteiger charge is 2.36. The molecule has 3 aromatic carbocycles. The fourth-order valence-electron chi connectivity index (χ4n) is 10.1. The topological polar surface area (TPSA) is 489 Å². The van der Waals surface area contributed by atoms with Crippen molar-refractivity contribution in [3.63, 3.8) is 0 Å². The first-order valence-electron chi connectivity index (χ1n) is 29.6. The number of hydrogen-bond acceptors (Lipinski definition) is 15. The molecule has 4 heterocycles. The Balaban J connectivity index is 1.22. The lowest BCUT2D eigenvalue weighted by Crippen LogP contribution is -2.61. The third-order valence-corrected chi connectivity index (χ3v) is 17.3. The van der Waals surface area contributed by atoms with Crippen molar-refractivity contribution < 1.29 is 47.9 Å². The summed E-state index contributed by atoms with van der Waals surface area (Å²) in [7, 11) is 1.94. The standard InChI is InChI=1S/C60H78N20O10S2/c1-32-51(83)76-47(25-37-28-66-31-71-37)57(89)77-44(22-34-12-4-3-5-13-34)54(86)74-42(18-10-20-67-59(62)63)52(84)78-46(24-36-27-70-41-17-9-7-15-39(36)41)56(88)79-48(50(61)82)29-91-92-30-49(58(90)72-32)80-53(85)43(19-11-21-68-60(64)65)75-55(87)45(73-33(2)81)23-35-26-69-40-16-8-6-14-38(35)40/h3-9,12-17,26-28,31-32,42-49,69-70H,10-11,18-25,29-30H2,1-2H3,(H2,61,82)(H,66,71)(H,72,90)(H,73,81)(H,74,86)(H,75,87)(H,76,83)(H,77,89)(H,78,84)(H,79,88)(H,80,85)(H4,62,63,67)(H4,64,65,68)/t32-,42+,43+,44-,45+,46+,47+,48+,49+/m1/s1. The van der Waals surface area contributed by atoms with E-state index in [-0.39, 0.29) is 87.9 Å². The highest BCUT2D eigenvalue weighted by atomic mass is 33.1. The number of aromatic nitrogens is 4. The number of fused-ring (bicyclic) bond motifs is 2. The molecule has 7 rings (SSSR count). The third-order valence-electron chi connectivity index (χ3n) is 14.9. The Morgan fingerprint density at radius 2 is 1.15 bits per heavy atom. The van der Waals surface area contributed by atoms with Crippen LogP contribution in [-0.4, -0.2) is 170 Å². The van der Waals surface area contributed by atoms with Crippen molar-refractivity contribution in [1.29, 1.82) is 10.8 Å². The zero-order chi connectivity index (χ0) is 66.3. The van der Waals surface area contributed by atoms with Crippen molar-refractivity contribution in [2.45, 2.75) is 120 Å². The number of carbonyl (C=O) groups is 10. The van der Waals surface area contributed by atoms with Gasteiger partial charge in [0.2, 0.25) is 59.1 Å². The molecule has 92 heavy (non-hydrogen) atoms. The average Bonchev–Trinajstić information content (AvgIpc) is 1.79. The summed E-state index contributed by atoms with van der Waals surface area (Å²) in [6.45, 7) is 2.76. The Kier molecular flexibility index (Phi) is 25.8. The van der Waals surface area contributed by atoms with E-state index in [9.17, 15) is 47.9 Å². The van der Waals surface area contributed by atoms with Crippen molar-refractivity contribution in [2.24, 2.45) is 17.2 Å². The molecule has 30 nitrogen and oxygen atoms in total. The summed E-state index contributed by atoms with van der Waals surface area (Å²) in [5, 5.41) is 46.5. The summed E-state index contributed by atoms with van der Waals surface area (Å²) in [4.78, 5) is 156. The zero-order valence-corrected chi connectivity index (χ0v) is 52.2. The largest absolute Gasteiger partial charge is 0.370 e. The second-order valence-corrected chi connectivity index (χ2v) is 24.5. The summed E-state index contributed by atoms with van der Waals surface area (Å²) < 4.78 is 0. The maximum atomic E-state index is 14.8. The summed E-state index contributed by atoms with van der Waals surface area (Å²) >= 11 is 0. The molecule has 0 radical (unpaired) electrons. The number of primary amides is 1. The van der Waals surface area contributed by atoms with Gasteiger partial charge >= 0.3 is 0 Å². The number of H-pyrrole nitrogens is 3. The molecule has 0 spiro atoms. The molecule has 10 amide bonds. The number of nitrogens with one attached hydrogen (secondary N) is 16. The molecule has 0 bridgehead atoms. The number of nitrogens with zero attached hydrogens (tertiary/aromatic N) is 1. The van der Waals surface area contributed by atoms with Crippen LogP contribution in [0.25, 0.3) is 21.8 Å². The smallest absolute Gasteiger partial charge is 0.244 e. The fourth-order valence-corrected chi connectivity index (χ4v) is 12.4. The van der Waals surface area contributed by atoms with Crippen molar-refractivity contribution in [2.75, 3.05) is 24.6 Å². The van der Waals surface area contributed by atoms with Crippen LogP contribution >= 0.6 is 21.6 Å². The van der Waals surface area contributed by atoms with Gasteiger partial charge in [0.1, 0.15) is 54.4 Å². The predicted octanol–water partition coefficient (Wildman–Crippen LogP) is -1.55. The molecule has 0 unspecified atom stereocenters. The molecule has 22 N–H and O–H groups in total. The molecule has 0 saturated carbocycles. The Hall–Kier alpha value is -10.1. The summed E-state index contributed by atoms with van der Waals surface area (Å²) in [5.74, 6) is -9.52. The van der Waals surface area contributed by atoms with Crippen LogP contribution in [0.5, 0.6) is 0 Å². The maximum absolute atomic E-state index is 14.8. The highest BCUT2D eigenvalue weighted by Crippen LogP contribution is 2.25. The first-order valence-corrected chi connectivity index (χ1v) is 32.1. The van der Waals surface area contributed by atoms with Gasteiger partial charge in [-0.3, -0.25) is 58.8 Å². The number of rotatable bonds is 22. The van der Waals surface area contributed by atoms with Crippen LogP contribution in [0.1, 0.15) is 61.9 Å². The van der Waals surface area contributed by atoms with Crippen LogP contribution in [0.3, 0.4) is 0 Å². The van der Waals surface area contributed by atoms with E-state index < -0.39 is 113 Å². The van der Waals surface area contributed by atoms with Crippen LogP contribution in [0.2, 0.25) is 0 Å². The molecular weight excluding hydrogens is 1220 g/mol. The molecule has 6 aromatic rings. The summed E-state index contributed by atoms with van der Waals surface area (Å²) in [6.07, 6.45) is 5.90. The highest BCUT2D eigenvalue weighted by molar-refractivity contribution is 8.76. The third kappa shape index (κ3) is 21.0. The number of carbonyl (C=O) groups excluding carboxylic acids is 10. The van der Waals surface area contributed by atoms with Crippen molar-refractivity contribution in [1.82, 2.24) is 78.4 Å². The Labute approximate surface area is 536 Å². The second-order valence-electron chi connectivity index (χ2n) is 21.9. The van der Waals surface area contributed by atoms with Crippen molar-refractivity contribution in [3.8, 4) is 0 Å². The van der Waals surface area contributed by atoms with Crippen LogP contribution < -0.4 is 75.7 Å². The molecule has 490 valence electrons. The number of nitrogens with two attached hydrogens (primary N) is 3. The number of imidazole rings is 1.